The number of aliphatic carboxylic acids is 1. The highest BCUT2D eigenvalue weighted by Gasteiger charge is 2.53. The number of aromatic nitrogens is 3. The van der Waals surface area contributed by atoms with E-state index in [1.165, 1.54) is 12.1 Å². The molecule has 3 heterocycles. The van der Waals surface area contributed by atoms with Crippen LogP contribution < -0.4 is 0 Å². The molecule has 8 heteroatoms. The molecule has 6 rings (SSSR count). The fourth-order valence-electron chi connectivity index (χ4n) is 5.54. The lowest BCUT2D eigenvalue weighted by Gasteiger charge is -2.39. The number of ether oxygens (including phenoxy) is 1. The van der Waals surface area contributed by atoms with Gasteiger partial charge in [0.15, 0.2) is 0 Å². The summed E-state index contributed by atoms with van der Waals surface area (Å²) in [6.07, 6.45) is 3.28. The second kappa shape index (κ2) is 7.38. The summed E-state index contributed by atoms with van der Waals surface area (Å²) in [5.74, 6) is -1.76. The summed E-state index contributed by atoms with van der Waals surface area (Å²) < 4.78 is 36.3. The predicted molar refractivity (Wildman–Crippen MR) is 119 cm³/mol. The normalized spacial score (nSPS) is 23.8. The Hall–Kier alpha value is -3.26. The first-order valence-electron chi connectivity index (χ1n) is 11.2. The molecule has 4 aromatic rings. The molecule has 1 aliphatic heterocycles. The third kappa shape index (κ3) is 3.15. The Labute approximate surface area is 188 Å². The zero-order chi connectivity index (χ0) is 22.7. The van der Waals surface area contributed by atoms with Gasteiger partial charge in [0.2, 0.25) is 5.67 Å². The van der Waals surface area contributed by atoms with Gasteiger partial charge in [-0.2, -0.15) is 5.10 Å². The van der Waals surface area contributed by atoms with Crippen molar-refractivity contribution in [3.63, 3.8) is 0 Å². The average molecular weight is 451 g/mol. The van der Waals surface area contributed by atoms with Crippen LogP contribution >= 0.6 is 0 Å². The van der Waals surface area contributed by atoms with Crippen molar-refractivity contribution < 1.29 is 23.4 Å². The number of hydrogen-bond acceptors (Lipinski definition) is 3. The van der Waals surface area contributed by atoms with Crippen LogP contribution in [-0.2, 0) is 9.53 Å². The van der Waals surface area contributed by atoms with E-state index in [9.17, 15) is 18.7 Å². The zero-order valence-electron chi connectivity index (χ0n) is 17.9. The lowest BCUT2D eigenvalue weighted by Crippen LogP contribution is -2.45. The van der Waals surface area contributed by atoms with Crippen molar-refractivity contribution in [2.24, 2.45) is 0 Å². The standard InChI is InChI=1S/C25H23F2N3O3/c26-17-1-3-18(4-2-17)30-21-9-15-13-28-29-20(15)10-19(21)22(16-11-25(27,12-16)24(31)32)23(30)14-5-7-33-8-6-14/h1-4,9-10,13-14,16H,5-8,11-12H2,(H,28,29)(H,31,32)/t16-,25+. The number of benzene rings is 2. The van der Waals surface area contributed by atoms with Crippen LogP contribution in [0.1, 0.15) is 48.8 Å². The monoisotopic (exact) mass is 451 g/mol. The lowest BCUT2D eigenvalue weighted by molar-refractivity contribution is -0.158. The first-order valence-corrected chi connectivity index (χ1v) is 11.2. The van der Waals surface area contributed by atoms with Gasteiger partial charge in [-0.05, 0) is 73.6 Å². The lowest BCUT2D eigenvalue weighted by atomic mass is 9.67. The second-order valence-corrected chi connectivity index (χ2v) is 9.20. The van der Waals surface area contributed by atoms with E-state index in [0.717, 1.165) is 51.6 Å². The topological polar surface area (TPSA) is 80.1 Å². The van der Waals surface area contributed by atoms with Gasteiger partial charge in [-0.1, -0.05) is 0 Å². The third-order valence-corrected chi connectivity index (χ3v) is 7.23. The zero-order valence-corrected chi connectivity index (χ0v) is 17.9. The SMILES string of the molecule is O=C(O)[C@]1(F)C[C@@H](c2c(C3CCOCC3)n(-c3ccc(F)cc3)c3cc4cn[nH]c4cc32)C1. The fraction of sp³-hybridized carbons (Fsp3) is 0.360. The van der Waals surface area contributed by atoms with Gasteiger partial charge in [-0.3, -0.25) is 5.10 Å². The minimum Gasteiger partial charge on any atom is -0.479 e. The number of nitrogens with zero attached hydrogens (tertiary/aromatic N) is 2. The molecule has 0 bridgehead atoms. The third-order valence-electron chi connectivity index (χ3n) is 7.23. The molecule has 2 aromatic carbocycles. The molecule has 2 aromatic heterocycles. The van der Waals surface area contributed by atoms with Gasteiger partial charge < -0.3 is 14.4 Å². The van der Waals surface area contributed by atoms with Crippen LogP contribution in [0.25, 0.3) is 27.5 Å². The highest BCUT2D eigenvalue weighted by atomic mass is 19.1. The minimum atomic E-state index is -2.19. The summed E-state index contributed by atoms with van der Waals surface area (Å²) in [5.41, 5.74) is 2.47. The molecule has 6 nitrogen and oxygen atoms in total. The summed E-state index contributed by atoms with van der Waals surface area (Å²) in [5, 5.41) is 18.4. The maximum Gasteiger partial charge on any atom is 0.341 e. The number of alkyl halides is 1. The van der Waals surface area contributed by atoms with Gasteiger partial charge in [0.1, 0.15) is 5.82 Å². The van der Waals surface area contributed by atoms with E-state index >= 15 is 0 Å². The van der Waals surface area contributed by atoms with Gasteiger partial charge in [0, 0.05) is 41.3 Å². The maximum absolute atomic E-state index is 14.8. The number of halogens is 2. The summed E-state index contributed by atoms with van der Waals surface area (Å²) in [6, 6.07) is 10.4. The van der Waals surface area contributed by atoms with Gasteiger partial charge in [0.05, 0.1) is 17.2 Å². The van der Waals surface area contributed by atoms with Crippen molar-refractivity contribution in [1.82, 2.24) is 14.8 Å². The minimum absolute atomic E-state index is 0.0535. The molecule has 33 heavy (non-hydrogen) atoms. The molecule has 1 saturated carbocycles. The van der Waals surface area contributed by atoms with Crippen molar-refractivity contribution in [3.05, 3.63) is 59.7 Å². The van der Waals surface area contributed by atoms with Crippen LogP contribution in [0.15, 0.2) is 42.6 Å². The van der Waals surface area contributed by atoms with Crippen molar-refractivity contribution in [1.29, 1.82) is 0 Å². The van der Waals surface area contributed by atoms with E-state index < -0.39 is 11.6 Å². The first kappa shape index (κ1) is 20.4. The van der Waals surface area contributed by atoms with Crippen LogP contribution in [0.2, 0.25) is 0 Å². The molecule has 2 fully saturated rings. The fourth-order valence-corrected chi connectivity index (χ4v) is 5.54. The van der Waals surface area contributed by atoms with E-state index in [0.29, 0.717) is 13.2 Å². The van der Waals surface area contributed by atoms with E-state index in [1.54, 1.807) is 18.3 Å². The number of rotatable bonds is 4. The first-order chi connectivity index (χ1) is 15.9. The van der Waals surface area contributed by atoms with Gasteiger partial charge >= 0.3 is 5.97 Å². The highest BCUT2D eigenvalue weighted by molar-refractivity contribution is 5.99. The van der Waals surface area contributed by atoms with Gasteiger partial charge in [-0.25, -0.2) is 13.6 Å². The smallest absolute Gasteiger partial charge is 0.341 e. The number of carboxylic acids is 1. The second-order valence-electron chi connectivity index (χ2n) is 9.20. The molecule has 0 unspecified atom stereocenters. The summed E-state index contributed by atoms with van der Waals surface area (Å²) in [7, 11) is 0. The molecule has 0 amide bonds. The Balaban J connectivity index is 1.64. The molecule has 170 valence electrons. The van der Waals surface area contributed by atoms with Crippen molar-refractivity contribution in [2.75, 3.05) is 13.2 Å². The Morgan fingerprint density at radius 2 is 1.88 bits per heavy atom. The Morgan fingerprint density at radius 3 is 2.58 bits per heavy atom. The Bertz CT molecular complexity index is 1360. The van der Waals surface area contributed by atoms with Crippen molar-refractivity contribution in [2.45, 2.75) is 43.2 Å². The van der Waals surface area contributed by atoms with E-state index in [2.05, 4.69) is 14.8 Å². The van der Waals surface area contributed by atoms with Crippen molar-refractivity contribution >= 4 is 27.8 Å². The largest absolute Gasteiger partial charge is 0.479 e. The van der Waals surface area contributed by atoms with Crippen LogP contribution in [0.4, 0.5) is 8.78 Å². The number of aromatic amines is 1. The molecule has 0 atom stereocenters. The van der Waals surface area contributed by atoms with Gasteiger partial charge in [-0.15, -0.1) is 0 Å². The number of fused-ring (bicyclic) bond motifs is 2. The predicted octanol–water partition coefficient (Wildman–Crippen LogP) is 5.21. The number of hydrogen-bond donors (Lipinski definition) is 2. The average Bonchev–Trinajstić information content (AvgIpc) is 3.38. The van der Waals surface area contributed by atoms with E-state index in [-0.39, 0.29) is 30.5 Å². The quantitative estimate of drug-likeness (QED) is 0.446. The Kier molecular flexibility index (Phi) is 4.55. The Morgan fingerprint density at radius 1 is 1.15 bits per heavy atom. The maximum atomic E-state index is 14.8. The van der Waals surface area contributed by atoms with Crippen LogP contribution in [0.5, 0.6) is 0 Å². The number of H-pyrrole nitrogens is 1. The molecule has 2 N–H and O–H groups in total. The van der Waals surface area contributed by atoms with Gasteiger partial charge in [0.25, 0.3) is 0 Å². The van der Waals surface area contributed by atoms with E-state index in [4.69, 9.17) is 4.74 Å². The summed E-state index contributed by atoms with van der Waals surface area (Å²) in [4.78, 5) is 11.5. The molecular formula is C25H23F2N3O3. The van der Waals surface area contributed by atoms with Crippen LogP contribution in [-0.4, -0.2) is 44.7 Å². The van der Waals surface area contributed by atoms with Crippen LogP contribution in [0, 0.1) is 5.82 Å². The number of nitrogens with one attached hydrogen (secondary N) is 1. The summed E-state index contributed by atoms with van der Waals surface area (Å²) >= 11 is 0. The number of carboxylic acid groups (broad SMARTS) is 1. The molecule has 1 saturated heterocycles. The molecule has 1 aliphatic carbocycles. The molecule has 0 radical (unpaired) electrons. The molecular weight excluding hydrogens is 428 g/mol. The molecule has 2 aliphatic rings. The molecule has 0 spiro atoms. The summed E-state index contributed by atoms with van der Waals surface area (Å²) in [6.45, 7) is 1.26. The number of carbonyl (C=O) groups is 1. The van der Waals surface area contributed by atoms with E-state index in [1.807, 2.05) is 12.1 Å². The van der Waals surface area contributed by atoms with Crippen LogP contribution in [0.3, 0.4) is 0 Å². The highest BCUT2D eigenvalue weighted by Crippen LogP contribution is 2.53. The van der Waals surface area contributed by atoms with Crippen molar-refractivity contribution in [3.8, 4) is 5.69 Å².